The van der Waals surface area contributed by atoms with Crippen molar-refractivity contribution in [2.24, 2.45) is 0 Å². The maximum atomic E-state index is 11.1. The summed E-state index contributed by atoms with van der Waals surface area (Å²) >= 11 is 0. The third-order valence-corrected chi connectivity index (χ3v) is 2.16. The molecule has 0 radical (unpaired) electrons. The maximum absolute atomic E-state index is 11.1. The molecular weight excluding hydrogens is 210 g/mol. The fraction of sp³-hybridized carbons (Fsp3) is 0.636. The van der Waals surface area contributed by atoms with E-state index in [1.54, 1.807) is 27.7 Å². The van der Waals surface area contributed by atoms with Crippen molar-refractivity contribution in [2.75, 3.05) is 0 Å². The zero-order valence-corrected chi connectivity index (χ0v) is 10.3. The molecule has 0 spiro atoms. The summed E-state index contributed by atoms with van der Waals surface area (Å²) in [5, 5.41) is 17.8. The normalized spacial score (nSPS) is 14.4. The Balaban J connectivity index is 5.06. The van der Waals surface area contributed by atoms with Crippen LogP contribution in [0.3, 0.4) is 0 Å². The second-order valence-corrected chi connectivity index (χ2v) is 4.72. The predicted molar refractivity (Wildman–Crippen MR) is 60.5 cm³/mol. The van der Waals surface area contributed by atoms with Crippen LogP contribution in [-0.2, 0) is 4.79 Å². The first kappa shape index (κ1) is 14.5. The summed E-state index contributed by atoms with van der Waals surface area (Å²) in [6.45, 7) is 8.40. The highest BCUT2D eigenvalue weighted by Gasteiger charge is 2.29. The summed E-state index contributed by atoms with van der Waals surface area (Å²) in [4.78, 5) is 23.0. The molecule has 0 rings (SSSR count). The number of carbonyl (C=O) groups is 2. The Hall–Kier alpha value is -1.52. The van der Waals surface area contributed by atoms with E-state index < -0.39 is 23.6 Å². The minimum atomic E-state index is -1.06. The molecule has 0 saturated carbocycles. The maximum Gasteiger partial charge on any atom is 0.408 e. The van der Waals surface area contributed by atoms with Gasteiger partial charge in [0.05, 0.1) is 6.04 Å². The Labute approximate surface area is 95.4 Å². The van der Waals surface area contributed by atoms with Crippen LogP contribution < -0.4 is 0 Å². The quantitative estimate of drug-likeness (QED) is 0.727. The Morgan fingerprint density at radius 1 is 1.25 bits per heavy atom. The van der Waals surface area contributed by atoms with Gasteiger partial charge in [-0.2, -0.15) is 0 Å². The Morgan fingerprint density at radius 2 is 1.69 bits per heavy atom. The fourth-order valence-corrected chi connectivity index (χ4v) is 1.58. The van der Waals surface area contributed by atoms with Gasteiger partial charge in [-0.05, 0) is 34.6 Å². The molecule has 0 aliphatic carbocycles. The van der Waals surface area contributed by atoms with Gasteiger partial charge in [0.1, 0.15) is 0 Å². The Morgan fingerprint density at radius 3 is 1.94 bits per heavy atom. The molecule has 1 amide bonds. The van der Waals surface area contributed by atoms with Crippen molar-refractivity contribution in [3.05, 3.63) is 11.6 Å². The average molecular weight is 229 g/mol. The van der Waals surface area contributed by atoms with Crippen LogP contribution in [0.4, 0.5) is 4.79 Å². The van der Waals surface area contributed by atoms with Crippen LogP contribution in [0, 0.1) is 0 Å². The first-order chi connectivity index (χ1) is 7.07. The number of rotatable bonds is 3. The van der Waals surface area contributed by atoms with Crippen LogP contribution in [0.25, 0.3) is 0 Å². The molecule has 16 heavy (non-hydrogen) atoms. The van der Waals surface area contributed by atoms with E-state index in [9.17, 15) is 9.59 Å². The van der Waals surface area contributed by atoms with Crippen LogP contribution in [0.2, 0.25) is 0 Å². The number of nitrogens with zero attached hydrogens (tertiary/aromatic N) is 1. The molecule has 1 unspecified atom stereocenters. The van der Waals surface area contributed by atoms with Crippen molar-refractivity contribution in [2.45, 2.75) is 46.2 Å². The lowest BCUT2D eigenvalue weighted by molar-refractivity contribution is -0.132. The standard InChI is InChI=1S/C11H19NO4/c1-7(9(13)14)6-8(2)12(10(15)16)11(3,4)5/h6,8H,1-5H3,(H,13,14)(H,15,16). The average Bonchev–Trinajstić information content (AvgIpc) is 1.99. The topological polar surface area (TPSA) is 77.8 Å². The third-order valence-electron chi connectivity index (χ3n) is 2.16. The van der Waals surface area contributed by atoms with Crippen LogP contribution in [0.1, 0.15) is 34.6 Å². The van der Waals surface area contributed by atoms with Gasteiger partial charge >= 0.3 is 12.1 Å². The van der Waals surface area contributed by atoms with E-state index in [2.05, 4.69) is 0 Å². The van der Waals surface area contributed by atoms with Gasteiger partial charge in [0.25, 0.3) is 0 Å². The van der Waals surface area contributed by atoms with E-state index in [1.807, 2.05) is 0 Å². The van der Waals surface area contributed by atoms with Crippen LogP contribution >= 0.6 is 0 Å². The monoisotopic (exact) mass is 229 g/mol. The van der Waals surface area contributed by atoms with Gasteiger partial charge in [-0.25, -0.2) is 9.59 Å². The zero-order chi connectivity index (χ0) is 13.1. The first-order valence-corrected chi connectivity index (χ1v) is 5.01. The van der Waals surface area contributed by atoms with Crippen molar-refractivity contribution >= 4 is 12.1 Å². The van der Waals surface area contributed by atoms with E-state index in [0.717, 1.165) is 0 Å². The zero-order valence-electron chi connectivity index (χ0n) is 10.3. The molecule has 2 N–H and O–H groups in total. The molecule has 0 aliphatic rings. The molecule has 1 atom stereocenters. The number of hydrogen-bond donors (Lipinski definition) is 2. The lowest BCUT2D eigenvalue weighted by atomic mass is 10.0. The van der Waals surface area contributed by atoms with Gasteiger partial charge < -0.3 is 10.2 Å². The summed E-state index contributed by atoms with van der Waals surface area (Å²) in [5.41, 5.74) is -0.427. The van der Waals surface area contributed by atoms with Gasteiger partial charge in [-0.1, -0.05) is 6.08 Å². The molecule has 0 heterocycles. The molecular formula is C11H19NO4. The van der Waals surface area contributed by atoms with E-state index in [4.69, 9.17) is 10.2 Å². The Bertz CT molecular complexity index is 314. The van der Waals surface area contributed by atoms with Crippen molar-refractivity contribution in [3.63, 3.8) is 0 Å². The van der Waals surface area contributed by atoms with E-state index in [1.165, 1.54) is 17.9 Å². The molecule has 5 heteroatoms. The summed E-state index contributed by atoms with van der Waals surface area (Å²) in [5.74, 6) is -1.04. The molecule has 0 aromatic rings. The second-order valence-electron chi connectivity index (χ2n) is 4.72. The van der Waals surface area contributed by atoms with Crippen molar-refractivity contribution in [1.29, 1.82) is 0 Å². The van der Waals surface area contributed by atoms with Gasteiger partial charge in [0, 0.05) is 11.1 Å². The summed E-state index contributed by atoms with van der Waals surface area (Å²) in [6.07, 6.45) is 0.372. The third kappa shape index (κ3) is 3.92. The molecule has 0 aromatic heterocycles. The van der Waals surface area contributed by atoms with Gasteiger partial charge in [-0.15, -0.1) is 0 Å². The minimum Gasteiger partial charge on any atom is -0.478 e. The molecule has 0 fully saturated rings. The first-order valence-electron chi connectivity index (χ1n) is 5.01. The number of hydrogen-bond acceptors (Lipinski definition) is 2. The molecule has 0 aromatic carbocycles. The Kier molecular flexibility index (Phi) is 4.53. The molecule has 0 bridgehead atoms. The van der Waals surface area contributed by atoms with Crippen LogP contribution in [0.5, 0.6) is 0 Å². The second kappa shape index (κ2) is 5.01. The molecule has 0 aliphatic heterocycles. The van der Waals surface area contributed by atoms with Crippen molar-refractivity contribution < 1.29 is 19.8 Å². The largest absolute Gasteiger partial charge is 0.478 e. The summed E-state index contributed by atoms with van der Waals surface area (Å²) < 4.78 is 0. The molecule has 92 valence electrons. The van der Waals surface area contributed by atoms with E-state index in [0.29, 0.717) is 0 Å². The highest BCUT2D eigenvalue weighted by Crippen LogP contribution is 2.18. The highest BCUT2D eigenvalue weighted by atomic mass is 16.4. The summed E-state index contributed by atoms with van der Waals surface area (Å²) in [6, 6.07) is -0.478. The van der Waals surface area contributed by atoms with Gasteiger partial charge in [0.2, 0.25) is 0 Å². The number of aliphatic carboxylic acids is 1. The number of carboxylic acids is 1. The number of amides is 1. The molecule has 0 saturated heterocycles. The number of carboxylic acid groups (broad SMARTS) is 2. The SMILES string of the molecule is CC(=CC(C)N(C(=O)O)C(C)(C)C)C(=O)O. The highest BCUT2D eigenvalue weighted by molar-refractivity contribution is 5.86. The van der Waals surface area contributed by atoms with Crippen molar-refractivity contribution in [3.8, 4) is 0 Å². The minimum absolute atomic E-state index is 0.142. The van der Waals surface area contributed by atoms with Gasteiger partial charge in [-0.3, -0.25) is 4.90 Å². The van der Waals surface area contributed by atoms with Crippen LogP contribution in [-0.4, -0.2) is 38.8 Å². The summed E-state index contributed by atoms with van der Waals surface area (Å²) in [7, 11) is 0. The predicted octanol–water partition coefficient (Wildman–Crippen LogP) is 2.18. The van der Waals surface area contributed by atoms with Gasteiger partial charge in [0.15, 0.2) is 0 Å². The fourth-order valence-electron chi connectivity index (χ4n) is 1.58. The van der Waals surface area contributed by atoms with Crippen molar-refractivity contribution in [1.82, 2.24) is 4.90 Å². The van der Waals surface area contributed by atoms with E-state index in [-0.39, 0.29) is 5.57 Å². The molecule has 5 nitrogen and oxygen atoms in total. The smallest absolute Gasteiger partial charge is 0.408 e. The van der Waals surface area contributed by atoms with Crippen LogP contribution in [0.15, 0.2) is 11.6 Å². The lowest BCUT2D eigenvalue weighted by Crippen LogP contribution is -2.49. The lowest BCUT2D eigenvalue weighted by Gasteiger charge is -2.36. The van der Waals surface area contributed by atoms with E-state index >= 15 is 0 Å².